The second-order valence-corrected chi connectivity index (χ2v) is 5.36. The van der Waals surface area contributed by atoms with E-state index in [1.807, 2.05) is 30.3 Å². The van der Waals surface area contributed by atoms with Crippen LogP contribution in [-0.4, -0.2) is 28.1 Å². The number of aromatic nitrogens is 2. The molecule has 0 saturated heterocycles. The Labute approximate surface area is 135 Å². The molecular formula is C17H22N4O2. The first-order chi connectivity index (χ1) is 11.1. The molecule has 23 heavy (non-hydrogen) atoms. The number of aryl methyl sites for hydroxylation is 1. The fraction of sp³-hybridized carbons (Fsp3) is 0.353. The maximum Gasteiger partial charge on any atom is 0.271 e. The van der Waals surface area contributed by atoms with Crippen LogP contribution in [0.2, 0.25) is 0 Å². The van der Waals surface area contributed by atoms with Crippen LogP contribution < -0.4 is 10.6 Å². The van der Waals surface area contributed by atoms with Crippen molar-refractivity contribution in [1.82, 2.24) is 15.1 Å². The Morgan fingerprint density at radius 1 is 1.22 bits per heavy atom. The fourth-order valence-electron chi connectivity index (χ4n) is 2.13. The number of rotatable bonds is 7. The predicted octanol–water partition coefficient (Wildman–Crippen LogP) is 2.13. The molecule has 122 valence electrons. The molecule has 2 rings (SSSR count). The molecule has 1 heterocycles. The molecule has 0 radical (unpaired) electrons. The lowest BCUT2D eigenvalue weighted by atomic mass is 10.1. The molecule has 0 spiro atoms. The van der Waals surface area contributed by atoms with Crippen LogP contribution in [0.15, 0.2) is 36.4 Å². The average molecular weight is 314 g/mol. The van der Waals surface area contributed by atoms with Gasteiger partial charge in [0.15, 0.2) is 5.69 Å². The summed E-state index contributed by atoms with van der Waals surface area (Å²) < 4.78 is 1.50. The molecule has 0 aliphatic heterocycles. The number of carbonyl (C=O) groups excluding carboxylic acids is 2. The summed E-state index contributed by atoms with van der Waals surface area (Å²) >= 11 is 0. The van der Waals surface area contributed by atoms with Gasteiger partial charge in [0.25, 0.3) is 5.91 Å². The summed E-state index contributed by atoms with van der Waals surface area (Å²) in [6.45, 7) is 2.69. The quantitative estimate of drug-likeness (QED) is 0.769. The van der Waals surface area contributed by atoms with E-state index < -0.39 is 0 Å². The molecule has 2 aromatic rings. The molecule has 0 aliphatic carbocycles. The Morgan fingerprint density at radius 3 is 2.65 bits per heavy atom. The van der Waals surface area contributed by atoms with E-state index in [9.17, 15) is 9.59 Å². The topological polar surface area (TPSA) is 76.0 Å². The molecule has 2 amide bonds. The van der Waals surface area contributed by atoms with Crippen molar-refractivity contribution in [3.05, 3.63) is 47.7 Å². The molecule has 6 nitrogen and oxygen atoms in total. The van der Waals surface area contributed by atoms with Crippen molar-refractivity contribution < 1.29 is 9.59 Å². The van der Waals surface area contributed by atoms with Gasteiger partial charge in [-0.3, -0.25) is 14.3 Å². The Kier molecular flexibility index (Phi) is 5.91. The van der Waals surface area contributed by atoms with Crippen molar-refractivity contribution in [2.24, 2.45) is 7.05 Å². The van der Waals surface area contributed by atoms with Crippen LogP contribution in [0.25, 0.3) is 0 Å². The van der Waals surface area contributed by atoms with Gasteiger partial charge in [0.2, 0.25) is 5.91 Å². The lowest BCUT2D eigenvalue weighted by molar-refractivity contribution is -0.115. The van der Waals surface area contributed by atoms with Gasteiger partial charge in [-0.05, 0) is 12.0 Å². The van der Waals surface area contributed by atoms with Gasteiger partial charge >= 0.3 is 0 Å². The maximum atomic E-state index is 12.1. The number of hydrogen-bond donors (Lipinski definition) is 2. The first-order valence-electron chi connectivity index (χ1n) is 7.76. The number of nitrogens with one attached hydrogen (secondary N) is 2. The first-order valence-corrected chi connectivity index (χ1v) is 7.76. The molecule has 0 aliphatic rings. The molecule has 2 N–H and O–H groups in total. The van der Waals surface area contributed by atoms with Gasteiger partial charge < -0.3 is 10.6 Å². The minimum absolute atomic E-state index is 0.142. The third kappa shape index (κ3) is 4.95. The third-order valence-corrected chi connectivity index (χ3v) is 3.40. The van der Waals surface area contributed by atoms with E-state index >= 15 is 0 Å². The monoisotopic (exact) mass is 314 g/mol. The second kappa shape index (κ2) is 8.12. The van der Waals surface area contributed by atoms with Gasteiger partial charge in [0.05, 0.1) is 6.42 Å². The van der Waals surface area contributed by atoms with E-state index in [1.54, 1.807) is 13.1 Å². The molecule has 0 unspecified atom stereocenters. The SMILES string of the molecule is CCCCNC(=O)c1cc(NC(=O)Cc2ccccc2)n(C)n1. The molecule has 1 aromatic heterocycles. The predicted molar refractivity (Wildman–Crippen MR) is 89.2 cm³/mol. The lowest BCUT2D eigenvalue weighted by Crippen LogP contribution is -2.24. The van der Waals surface area contributed by atoms with Crippen molar-refractivity contribution in [1.29, 1.82) is 0 Å². The molecule has 1 aromatic carbocycles. The van der Waals surface area contributed by atoms with Crippen molar-refractivity contribution in [3.63, 3.8) is 0 Å². The summed E-state index contributed by atoms with van der Waals surface area (Å²) in [4.78, 5) is 24.0. The maximum absolute atomic E-state index is 12.1. The van der Waals surface area contributed by atoms with Crippen LogP contribution >= 0.6 is 0 Å². The molecule has 6 heteroatoms. The third-order valence-electron chi connectivity index (χ3n) is 3.40. The molecule has 0 fully saturated rings. The summed E-state index contributed by atoms with van der Waals surface area (Å²) in [5.74, 6) is 0.140. The zero-order valence-electron chi connectivity index (χ0n) is 13.5. The minimum Gasteiger partial charge on any atom is -0.351 e. The number of carbonyl (C=O) groups is 2. The molecular weight excluding hydrogens is 292 g/mol. The van der Waals surface area contributed by atoms with Crippen LogP contribution in [0, 0.1) is 0 Å². The Bertz CT molecular complexity index is 664. The Balaban J connectivity index is 1.95. The van der Waals surface area contributed by atoms with Crippen LogP contribution in [0.1, 0.15) is 35.8 Å². The zero-order valence-corrected chi connectivity index (χ0v) is 13.5. The van der Waals surface area contributed by atoms with E-state index in [2.05, 4.69) is 22.7 Å². The number of hydrogen-bond acceptors (Lipinski definition) is 3. The van der Waals surface area contributed by atoms with Gasteiger partial charge in [-0.2, -0.15) is 5.10 Å². The van der Waals surface area contributed by atoms with Crippen molar-refractivity contribution in [2.45, 2.75) is 26.2 Å². The highest BCUT2D eigenvalue weighted by Crippen LogP contribution is 2.10. The van der Waals surface area contributed by atoms with E-state index in [-0.39, 0.29) is 18.2 Å². The first kappa shape index (κ1) is 16.7. The van der Waals surface area contributed by atoms with Gasteiger partial charge in [0, 0.05) is 19.7 Å². The van der Waals surface area contributed by atoms with Crippen LogP contribution in [0.4, 0.5) is 5.82 Å². The largest absolute Gasteiger partial charge is 0.351 e. The van der Waals surface area contributed by atoms with E-state index in [4.69, 9.17) is 0 Å². The van der Waals surface area contributed by atoms with Gasteiger partial charge in [-0.1, -0.05) is 43.7 Å². The van der Waals surface area contributed by atoms with Gasteiger partial charge in [-0.15, -0.1) is 0 Å². The lowest BCUT2D eigenvalue weighted by Gasteiger charge is -2.04. The van der Waals surface area contributed by atoms with E-state index in [0.717, 1.165) is 18.4 Å². The van der Waals surface area contributed by atoms with Crippen LogP contribution in [-0.2, 0) is 18.3 Å². The summed E-state index contributed by atoms with van der Waals surface area (Å²) in [5, 5.41) is 9.73. The minimum atomic E-state index is -0.224. The fourth-order valence-corrected chi connectivity index (χ4v) is 2.13. The summed E-state index contributed by atoms with van der Waals surface area (Å²) in [6, 6.07) is 11.1. The van der Waals surface area contributed by atoms with Gasteiger partial charge in [-0.25, -0.2) is 0 Å². The smallest absolute Gasteiger partial charge is 0.271 e. The van der Waals surface area contributed by atoms with E-state index in [0.29, 0.717) is 18.1 Å². The number of amides is 2. The summed E-state index contributed by atoms with van der Waals surface area (Å²) in [5.41, 5.74) is 1.24. The summed E-state index contributed by atoms with van der Waals surface area (Å²) in [7, 11) is 1.70. The van der Waals surface area contributed by atoms with Crippen molar-refractivity contribution >= 4 is 17.6 Å². The van der Waals surface area contributed by atoms with Crippen LogP contribution in [0.5, 0.6) is 0 Å². The molecule has 0 bridgehead atoms. The number of nitrogens with zero attached hydrogens (tertiary/aromatic N) is 2. The number of benzene rings is 1. The highest BCUT2D eigenvalue weighted by Gasteiger charge is 2.14. The highest BCUT2D eigenvalue weighted by atomic mass is 16.2. The average Bonchev–Trinajstić information content (AvgIpc) is 2.89. The second-order valence-electron chi connectivity index (χ2n) is 5.36. The normalized spacial score (nSPS) is 10.3. The van der Waals surface area contributed by atoms with E-state index in [1.165, 1.54) is 4.68 Å². The number of anilines is 1. The zero-order chi connectivity index (χ0) is 16.7. The Morgan fingerprint density at radius 2 is 1.96 bits per heavy atom. The summed E-state index contributed by atoms with van der Waals surface area (Å²) in [6.07, 6.45) is 2.23. The van der Waals surface area contributed by atoms with Gasteiger partial charge in [0.1, 0.15) is 5.82 Å². The van der Waals surface area contributed by atoms with Crippen molar-refractivity contribution in [3.8, 4) is 0 Å². The number of unbranched alkanes of at least 4 members (excludes halogenated alkanes) is 1. The molecule has 0 atom stereocenters. The van der Waals surface area contributed by atoms with Crippen molar-refractivity contribution in [2.75, 3.05) is 11.9 Å². The Hall–Kier alpha value is -2.63. The highest BCUT2D eigenvalue weighted by molar-refractivity contribution is 5.95. The standard InChI is InChI=1S/C17H22N4O2/c1-3-4-10-18-17(23)14-12-15(21(2)20-14)19-16(22)11-13-8-6-5-7-9-13/h5-9,12H,3-4,10-11H2,1-2H3,(H,18,23)(H,19,22). The molecule has 0 saturated carbocycles. The van der Waals surface area contributed by atoms with Crippen LogP contribution in [0.3, 0.4) is 0 Å².